The zero-order valence-corrected chi connectivity index (χ0v) is 12.7. The van der Waals surface area contributed by atoms with Crippen molar-refractivity contribution >= 4 is 5.82 Å². The zero-order chi connectivity index (χ0) is 14.9. The smallest absolute Gasteiger partial charge is 0.165 e. The van der Waals surface area contributed by atoms with Gasteiger partial charge in [-0.15, -0.1) is 0 Å². The minimum atomic E-state index is -0.0214. The van der Waals surface area contributed by atoms with Crippen LogP contribution >= 0.6 is 0 Å². The summed E-state index contributed by atoms with van der Waals surface area (Å²) >= 11 is 0. The molecule has 0 amide bonds. The van der Waals surface area contributed by atoms with Crippen molar-refractivity contribution < 1.29 is 4.74 Å². The van der Waals surface area contributed by atoms with E-state index in [1.807, 2.05) is 6.07 Å². The molecule has 1 aromatic heterocycles. The van der Waals surface area contributed by atoms with Crippen molar-refractivity contribution in [2.75, 3.05) is 12.8 Å². The average molecular weight is 271 g/mol. The van der Waals surface area contributed by atoms with Crippen LogP contribution in [0.1, 0.15) is 31.9 Å². The van der Waals surface area contributed by atoms with Crippen molar-refractivity contribution in [2.24, 2.45) is 0 Å². The van der Waals surface area contributed by atoms with Crippen LogP contribution in [0.15, 0.2) is 24.4 Å². The van der Waals surface area contributed by atoms with Gasteiger partial charge in [0.1, 0.15) is 11.6 Å². The average Bonchev–Trinajstić information content (AvgIpc) is 2.36. The van der Waals surface area contributed by atoms with E-state index in [1.165, 1.54) is 0 Å². The Morgan fingerprint density at radius 1 is 1.20 bits per heavy atom. The zero-order valence-electron chi connectivity index (χ0n) is 12.7. The third kappa shape index (κ3) is 2.74. The van der Waals surface area contributed by atoms with Crippen LogP contribution in [0.4, 0.5) is 5.82 Å². The number of nitrogens with zero attached hydrogens (tertiary/aromatic N) is 2. The SMILES string of the molecule is COc1c(-c2nccc(N)n2)cc(C)cc1C(C)(C)C. The highest BCUT2D eigenvalue weighted by atomic mass is 16.5. The van der Waals surface area contributed by atoms with Gasteiger partial charge in [-0.25, -0.2) is 9.97 Å². The van der Waals surface area contributed by atoms with Gasteiger partial charge in [0, 0.05) is 11.8 Å². The summed E-state index contributed by atoms with van der Waals surface area (Å²) in [7, 11) is 1.68. The molecule has 2 N–H and O–H groups in total. The summed E-state index contributed by atoms with van der Waals surface area (Å²) in [5, 5.41) is 0. The number of nitrogens with two attached hydrogens (primary N) is 1. The lowest BCUT2D eigenvalue weighted by Crippen LogP contribution is -2.14. The highest BCUT2D eigenvalue weighted by molar-refractivity contribution is 5.69. The second-order valence-corrected chi connectivity index (χ2v) is 5.95. The van der Waals surface area contributed by atoms with E-state index in [-0.39, 0.29) is 5.41 Å². The first kappa shape index (κ1) is 14.3. The summed E-state index contributed by atoms with van der Waals surface area (Å²) in [5.74, 6) is 1.86. The first-order valence-electron chi connectivity index (χ1n) is 6.61. The highest BCUT2D eigenvalue weighted by Crippen LogP contribution is 2.39. The molecule has 0 bridgehead atoms. The maximum atomic E-state index is 5.76. The Morgan fingerprint density at radius 2 is 1.90 bits per heavy atom. The molecule has 0 aliphatic rings. The number of hydrogen-bond donors (Lipinski definition) is 1. The highest BCUT2D eigenvalue weighted by Gasteiger charge is 2.23. The third-order valence-corrected chi connectivity index (χ3v) is 3.16. The summed E-state index contributed by atoms with van der Waals surface area (Å²) in [5.41, 5.74) is 8.91. The minimum absolute atomic E-state index is 0.0214. The van der Waals surface area contributed by atoms with Gasteiger partial charge in [0.25, 0.3) is 0 Å². The normalized spacial score (nSPS) is 11.4. The number of ether oxygens (including phenoxy) is 1. The number of nitrogen functional groups attached to an aromatic ring is 1. The molecule has 4 nitrogen and oxygen atoms in total. The number of benzene rings is 1. The molecule has 0 unspecified atom stereocenters. The van der Waals surface area contributed by atoms with Gasteiger partial charge in [-0.2, -0.15) is 0 Å². The van der Waals surface area contributed by atoms with Gasteiger partial charge in [-0.05, 0) is 30.0 Å². The summed E-state index contributed by atoms with van der Waals surface area (Å²) in [6, 6.07) is 5.86. The fraction of sp³-hybridized carbons (Fsp3) is 0.375. The van der Waals surface area contributed by atoms with E-state index in [9.17, 15) is 0 Å². The lowest BCUT2D eigenvalue weighted by molar-refractivity contribution is 0.399. The predicted molar refractivity (Wildman–Crippen MR) is 81.9 cm³/mol. The summed E-state index contributed by atoms with van der Waals surface area (Å²) in [6.45, 7) is 8.54. The van der Waals surface area contributed by atoms with Crippen molar-refractivity contribution in [3.63, 3.8) is 0 Å². The second-order valence-electron chi connectivity index (χ2n) is 5.95. The number of rotatable bonds is 2. The van der Waals surface area contributed by atoms with Crippen molar-refractivity contribution in [1.82, 2.24) is 9.97 Å². The number of anilines is 1. The molecule has 0 saturated carbocycles. The summed E-state index contributed by atoms with van der Waals surface area (Å²) in [6.07, 6.45) is 1.66. The van der Waals surface area contributed by atoms with Crippen molar-refractivity contribution in [3.8, 4) is 17.1 Å². The Bertz CT molecular complexity index is 630. The molecule has 20 heavy (non-hydrogen) atoms. The van der Waals surface area contributed by atoms with Crippen LogP contribution in [-0.2, 0) is 5.41 Å². The third-order valence-electron chi connectivity index (χ3n) is 3.16. The molecule has 0 aliphatic heterocycles. The van der Waals surface area contributed by atoms with E-state index < -0.39 is 0 Å². The van der Waals surface area contributed by atoms with Crippen molar-refractivity contribution in [2.45, 2.75) is 33.1 Å². The van der Waals surface area contributed by atoms with E-state index in [1.54, 1.807) is 19.4 Å². The Balaban J connectivity index is 2.73. The molecule has 106 valence electrons. The molecule has 1 heterocycles. The van der Waals surface area contributed by atoms with Crippen LogP contribution in [0.5, 0.6) is 5.75 Å². The maximum absolute atomic E-state index is 5.76. The molecule has 0 saturated heterocycles. The van der Waals surface area contributed by atoms with Gasteiger partial charge >= 0.3 is 0 Å². The fourth-order valence-corrected chi connectivity index (χ4v) is 2.22. The molecular weight excluding hydrogens is 250 g/mol. The van der Waals surface area contributed by atoms with Crippen molar-refractivity contribution in [3.05, 3.63) is 35.5 Å². The van der Waals surface area contributed by atoms with Gasteiger partial charge in [0.05, 0.1) is 12.7 Å². The Labute approximate surface area is 120 Å². The Hall–Kier alpha value is -2.10. The molecule has 2 rings (SSSR count). The van der Waals surface area contributed by atoms with E-state index in [0.717, 1.165) is 22.4 Å². The summed E-state index contributed by atoms with van der Waals surface area (Å²) < 4.78 is 5.63. The van der Waals surface area contributed by atoms with Crippen LogP contribution in [0, 0.1) is 6.92 Å². The molecule has 0 atom stereocenters. The molecule has 1 aromatic carbocycles. The van der Waals surface area contributed by atoms with Gasteiger partial charge in [-0.1, -0.05) is 26.8 Å². The first-order chi connectivity index (χ1) is 9.32. The van der Waals surface area contributed by atoms with Crippen molar-refractivity contribution in [1.29, 1.82) is 0 Å². The van der Waals surface area contributed by atoms with Crippen LogP contribution in [0.3, 0.4) is 0 Å². The molecule has 0 aliphatic carbocycles. The molecule has 4 heteroatoms. The number of methoxy groups -OCH3 is 1. The largest absolute Gasteiger partial charge is 0.496 e. The van der Waals surface area contributed by atoms with Crippen LogP contribution in [-0.4, -0.2) is 17.1 Å². The topological polar surface area (TPSA) is 61.0 Å². The van der Waals surface area contributed by atoms with E-state index in [4.69, 9.17) is 10.5 Å². The molecule has 0 spiro atoms. The molecule has 0 fully saturated rings. The molecule has 2 aromatic rings. The van der Waals surface area contributed by atoms with Crippen LogP contribution in [0.25, 0.3) is 11.4 Å². The van der Waals surface area contributed by atoms with E-state index >= 15 is 0 Å². The van der Waals surface area contributed by atoms with Gasteiger partial charge in [0.2, 0.25) is 0 Å². The summed E-state index contributed by atoms with van der Waals surface area (Å²) in [4.78, 5) is 8.61. The lowest BCUT2D eigenvalue weighted by Gasteiger charge is -2.24. The Kier molecular flexibility index (Phi) is 3.66. The van der Waals surface area contributed by atoms with E-state index in [2.05, 4.69) is 43.7 Å². The first-order valence-corrected chi connectivity index (χ1v) is 6.61. The standard InChI is InChI=1S/C16H21N3O/c1-10-8-11(15-18-7-6-13(17)19-15)14(20-5)12(9-10)16(2,3)4/h6-9H,1-5H3,(H2,17,18,19). The number of aromatic nitrogens is 2. The fourth-order valence-electron chi connectivity index (χ4n) is 2.22. The molecule has 0 radical (unpaired) electrons. The lowest BCUT2D eigenvalue weighted by atomic mass is 9.84. The number of hydrogen-bond acceptors (Lipinski definition) is 4. The quantitative estimate of drug-likeness (QED) is 0.910. The van der Waals surface area contributed by atoms with Gasteiger partial charge < -0.3 is 10.5 Å². The van der Waals surface area contributed by atoms with Crippen LogP contribution < -0.4 is 10.5 Å². The number of aryl methyl sites for hydroxylation is 1. The predicted octanol–water partition coefficient (Wildman–Crippen LogP) is 3.34. The van der Waals surface area contributed by atoms with Crippen LogP contribution in [0.2, 0.25) is 0 Å². The second kappa shape index (κ2) is 5.12. The monoisotopic (exact) mass is 271 g/mol. The maximum Gasteiger partial charge on any atom is 0.165 e. The Morgan fingerprint density at radius 3 is 2.45 bits per heavy atom. The molecular formula is C16H21N3O. The van der Waals surface area contributed by atoms with Gasteiger partial charge in [0.15, 0.2) is 5.82 Å². The van der Waals surface area contributed by atoms with E-state index in [0.29, 0.717) is 11.6 Å². The van der Waals surface area contributed by atoms with Gasteiger partial charge in [-0.3, -0.25) is 0 Å². The minimum Gasteiger partial charge on any atom is -0.496 e.